The molecule has 0 spiro atoms. The summed E-state index contributed by atoms with van der Waals surface area (Å²) in [6.45, 7) is 4.13. The second-order valence-corrected chi connectivity index (χ2v) is 22.3. The second kappa shape index (κ2) is 25.4. The smallest absolute Gasteiger partial charge is 0.379 e. The first-order valence-electron chi connectivity index (χ1n) is 23.5. The average Bonchev–Trinajstić information content (AvgIpc) is 4.07. The number of likely N-dealkylation sites (tertiary alicyclic amines) is 1. The van der Waals surface area contributed by atoms with Gasteiger partial charge in [0.25, 0.3) is 17.5 Å². The number of benzene rings is 5. The predicted molar refractivity (Wildman–Crippen MR) is 300 cm³/mol. The molecule has 4 aromatic heterocycles. The molecule has 18 heteroatoms. The monoisotopic (exact) mass is 1150 g/mol. The number of aliphatic hydroxyl groups excluding tert-OH is 1. The highest BCUT2D eigenvalue weighted by Gasteiger charge is 2.30. The van der Waals surface area contributed by atoms with Crippen LogP contribution in [0.5, 0.6) is 5.75 Å². The van der Waals surface area contributed by atoms with Crippen LogP contribution in [0, 0.1) is 0 Å². The quantitative estimate of drug-likeness (QED) is 0.0536. The molecule has 1 saturated carbocycles. The SMILES string of the molecule is Brc1ccc2sccc2c1.CCOC(=O)C(=O)c1ccc2sccc2c1.O=C(N[C@H](CN1CCCC1)[C@H](O)c1ccc(OC2CC2)c(Cl)c1)C(=O)c1ccc2sccc2c1.O=C(O)C(=O)c1ccc2sccc2c1. The van der Waals surface area contributed by atoms with Gasteiger partial charge < -0.3 is 29.9 Å². The molecule has 5 aromatic carbocycles. The summed E-state index contributed by atoms with van der Waals surface area (Å²) in [6.07, 6.45) is 3.40. The van der Waals surface area contributed by atoms with Gasteiger partial charge in [-0.3, -0.25) is 19.2 Å². The molecule has 3 N–H and O–H groups in total. The van der Waals surface area contributed by atoms with E-state index in [1.54, 1.807) is 107 Å². The van der Waals surface area contributed by atoms with Crippen molar-refractivity contribution in [2.45, 2.75) is 50.9 Å². The van der Waals surface area contributed by atoms with Crippen molar-refractivity contribution in [1.82, 2.24) is 10.2 Å². The molecule has 2 fully saturated rings. The fourth-order valence-electron chi connectivity index (χ4n) is 7.93. The average molecular weight is 1150 g/mol. The summed E-state index contributed by atoms with van der Waals surface area (Å²) < 4.78 is 16.2. The van der Waals surface area contributed by atoms with Crippen molar-refractivity contribution in [2.75, 3.05) is 26.2 Å². The number of hydrogen-bond donors (Lipinski definition) is 3. The molecule has 0 unspecified atom stereocenters. The Hall–Kier alpha value is -6.15. The molecule has 1 aliphatic carbocycles. The van der Waals surface area contributed by atoms with Gasteiger partial charge in [0.2, 0.25) is 5.78 Å². The summed E-state index contributed by atoms with van der Waals surface area (Å²) in [6, 6.07) is 34.1. The molecule has 380 valence electrons. The van der Waals surface area contributed by atoms with Crippen molar-refractivity contribution in [3.63, 3.8) is 0 Å². The van der Waals surface area contributed by atoms with Gasteiger partial charge in [-0.1, -0.05) is 33.6 Å². The van der Waals surface area contributed by atoms with E-state index in [9.17, 15) is 33.9 Å². The zero-order chi connectivity index (χ0) is 52.3. The summed E-state index contributed by atoms with van der Waals surface area (Å²) in [5, 5.41) is 35.0. The number of esters is 1. The van der Waals surface area contributed by atoms with Crippen LogP contribution in [0.1, 0.15) is 75.3 Å². The summed E-state index contributed by atoms with van der Waals surface area (Å²) >= 11 is 16.3. The normalized spacial score (nSPS) is 13.9. The van der Waals surface area contributed by atoms with E-state index >= 15 is 0 Å². The van der Waals surface area contributed by atoms with Crippen LogP contribution in [0.25, 0.3) is 40.3 Å². The standard InChI is InChI=1S/C26H27ClN2O4S.C12H10O3S.C10H6O3S.C8H5BrS/c27-20-14-18(3-7-22(20)33-19-5-6-19)24(30)21(15-29-10-1-2-11-29)28-26(32)25(31)17-4-8-23-16(13-17)9-12-34-23;1-2-15-12(14)11(13)9-3-4-10-8(7-9)5-6-16-10;11-9(10(12)13)7-1-2-8-6(5-7)3-4-14-8;9-7-1-2-8-6(5-7)3-4-10-8/h3-4,7-9,12-14,19,21,24,30H,1-2,5-6,10-11,15H2,(H,28,32);3-7H,2H2,1H3;1-5H,(H,12,13);1-5H/t21-,24-;;;/m1.../s1. The van der Waals surface area contributed by atoms with Crippen LogP contribution in [0.15, 0.2) is 141 Å². The summed E-state index contributed by atoms with van der Waals surface area (Å²) in [4.78, 5) is 72.5. The fraction of sp³-hybridized carbons (Fsp3) is 0.214. The van der Waals surface area contributed by atoms with E-state index in [2.05, 4.69) is 60.5 Å². The summed E-state index contributed by atoms with van der Waals surface area (Å²) in [7, 11) is 0. The van der Waals surface area contributed by atoms with E-state index in [-0.39, 0.29) is 18.3 Å². The number of Topliss-reactive ketones (excluding diaryl/α,β-unsaturated/α-hetero) is 3. The van der Waals surface area contributed by atoms with E-state index in [4.69, 9.17) is 21.4 Å². The Labute approximate surface area is 455 Å². The van der Waals surface area contributed by atoms with Crippen molar-refractivity contribution in [1.29, 1.82) is 0 Å². The molecular weight excluding hydrogens is 1100 g/mol. The largest absolute Gasteiger partial charge is 0.489 e. The third-order valence-electron chi connectivity index (χ3n) is 11.9. The van der Waals surface area contributed by atoms with Crippen LogP contribution in [0.3, 0.4) is 0 Å². The van der Waals surface area contributed by atoms with Crippen LogP contribution in [-0.4, -0.2) is 88.7 Å². The van der Waals surface area contributed by atoms with Gasteiger partial charge in [0.05, 0.1) is 23.8 Å². The lowest BCUT2D eigenvalue weighted by Gasteiger charge is -2.28. The topological polar surface area (TPSA) is 177 Å². The minimum Gasteiger partial charge on any atom is -0.489 e. The van der Waals surface area contributed by atoms with Crippen molar-refractivity contribution in [2.24, 2.45) is 0 Å². The number of aliphatic carboxylic acids is 1. The number of halogens is 2. The fourth-order valence-corrected chi connectivity index (χ4v) is 11.6. The molecule has 5 heterocycles. The van der Waals surface area contributed by atoms with Gasteiger partial charge in [-0.15, -0.1) is 45.3 Å². The highest BCUT2D eigenvalue weighted by Crippen LogP contribution is 2.35. The first kappa shape index (κ1) is 54.1. The predicted octanol–water partition coefficient (Wildman–Crippen LogP) is 13.1. The highest BCUT2D eigenvalue weighted by molar-refractivity contribution is 9.10. The molecule has 9 aromatic rings. The van der Waals surface area contributed by atoms with E-state index < -0.39 is 47.3 Å². The minimum atomic E-state index is -1.42. The Morgan fingerprint density at radius 3 is 1.64 bits per heavy atom. The molecule has 0 bridgehead atoms. The number of thiophene rings is 4. The number of carboxylic acid groups (broad SMARTS) is 1. The summed E-state index contributed by atoms with van der Waals surface area (Å²) in [5.74, 6) is -4.40. The van der Waals surface area contributed by atoms with Gasteiger partial charge in [0, 0.05) is 46.5 Å². The van der Waals surface area contributed by atoms with Gasteiger partial charge in [0.1, 0.15) is 11.9 Å². The molecule has 0 radical (unpaired) electrons. The van der Waals surface area contributed by atoms with Crippen LogP contribution in [0.4, 0.5) is 0 Å². The molecule has 2 atom stereocenters. The maximum Gasteiger partial charge on any atom is 0.379 e. The van der Waals surface area contributed by atoms with Gasteiger partial charge in [-0.25, -0.2) is 9.59 Å². The molecule has 11 rings (SSSR count). The maximum atomic E-state index is 13.0. The molecule has 1 amide bonds. The lowest BCUT2D eigenvalue weighted by atomic mass is 10.0. The number of hydrogen-bond acceptors (Lipinski definition) is 14. The van der Waals surface area contributed by atoms with Crippen LogP contribution in [-0.2, 0) is 19.1 Å². The van der Waals surface area contributed by atoms with Crippen LogP contribution >= 0.6 is 72.9 Å². The van der Waals surface area contributed by atoms with Crippen molar-refractivity contribution >= 4 is 148 Å². The maximum absolute atomic E-state index is 13.0. The number of carbonyl (C=O) groups is 6. The summed E-state index contributed by atoms with van der Waals surface area (Å²) in [5.41, 5.74) is 1.51. The second-order valence-electron chi connectivity index (χ2n) is 17.2. The van der Waals surface area contributed by atoms with Gasteiger partial charge in [-0.05, 0) is 204 Å². The molecule has 1 aliphatic heterocycles. The van der Waals surface area contributed by atoms with E-state index in [0.29, 0.717) is 34.0 Å². The number of ether oxygens (including phenoxy) is 2. The number of nitrogens with zero attached hydrogens (tertiary/aromatic N) is 1. The zero-order valence-corrected chi connectivity index (χ0v) is 45.3. The van der Waals surface area contributed by atoms with Gasteiger partial charge >= 0.3 is 11.9 Å². The number of aliphatic hydroxyl groups is 1. The molecular formula is C56H48BrClN2O10S4. The van der Waals surface area contributed by atoms with E-state index in [0.717, 1.165) is 73.5 Å². The Balaban J connectivity index is 0.000000150. The van der Waals surface area contributed by atoms with E-state index in [1.807, 2.05) is 46.5 Å². The van der Waals surface area contributed by atoms with Gasteiger partial charge in [-0.2, -0.15) is 0 Å². The Morgan fingerprint density at radius 2 is 1.15 bits per heavy atom. The Morgan fingerprint density at radius 1 is 0.662 bits per heavy atom. The molecule has 12 nitrogen and oxygen atoms in total. The zero-order valence-electron chi connectivity index (χ0n) is 39.7. The number of rotatable bonds is 14. The number of ketones is 3. The number of carboxylic acids is 1. The Kier molecular flexibility index (Phi) is 18.6. The number of fused-ring (bicyclic) bond motifs is 4. The third-order valence-corrected chi connectivity index (χ3v) is 16.3. The lowest BCUT2D eigenvalue weighted by molar-refractivity contribution is -0.137. The van der Waals surface area contributed by atoms with Crippen molar-refractivity contribution in [3.05, 3.63) is 169 Å². The van der Waals surface area contributed by atoms with Gasteiger partial charge in [0.15, 0.2) is 0 Å². The highest BCUT2D eigenvalue weighted by atomic mass is 79.9. The lowest BCUT2D eigenvalue weighted by Crippen LogP contribution is -2.48. The Bertz CT molecular complexity index is 3480. The van der Waals surface area contributed by atoms with Crippen LogP contribution in [0.2, 0.25) is 5.02 Å². The number of nitrogens with one attached hydrogen (secondary N) is 1. The first-order chi connectivity index (χ1) is 35.7. The molecule has 74 heavy (non-hydrogen) atoms. The van der Waals surface area contributed by atoms with Crippen molar-refractivity contribution < 1.29 is 48.5 Å². The third kappa shape index (κ3) is 14.2. The molecule has 1 saturated heterocycles. The minimum absolute atomic E-state index is 0.214. The first-order valence-corrected chi connectivity index (χ1v) is 28.2. The molecule has 2 aliphatic rings. The van der Waals surface area contributed by atoms with E-state index in [1.165, 1.54) is 16.2 Å². The van der Waals surface area contributed by atoms with Crippen molar-refractivity contribution in [3.8, 4) is 5.75 Å². The number of carbonyl (C=O) groups excluding carboxylic acids is 5. The van der Waals surface area contributed by atoms with Crippen LogP contribution < -0.4 is 10.1 Å². The number of amides is 1.